The van der Waals surface area contributed by atoms with Gasteiger partial charge in [0.2, 0.25) is 5.78 Å². The monoisotopic (exact) mass is 383 g/mol. The number of hydrogen-bond acceptors (Lipinski definition) is 4. The molecule has 1 aromatic heterocycles. The lowest BCUT2D eigenvalue weighted by atomic mass is 9.95. The summed E-state index contributed by atoms with van der Waals surface area (Å²) in [5, 5.41) is 13.0. The number of likely N-dealkylation sites (tertiary alicyclic amines) is 1. The number of carbonyl (C=O) groups is 2. The Labute approximate surface area is 162 Å². The lowest BCUT2D eigenvalue weighted by molar-refractivity contribution is -0.858. The van der Waals surface area contributed by atoms with Crippen molar-refractivity contribution in [3.05, 3.63) is 71.3 Å². The average molecular weight is 383 g/mol. The van der Waals surface area contributed by atoms with Crippen LogP contribution >= 0.6 is 0 Å². The summed E-state index contributed by atoms with van der Waals surface area (Å²) in [5.41, 5.74) is 0.542. The second-order valence-electron chi connectivity index (χ2n) is 7.07. The summed E-state index contributed by atoms with van der Waals surface area (Å²) in [4.78, 5) is 31.9. The van der Waals surface area contributed by atoms with E-state index in [4.69, 9.17) is 0 Å². The molecule has 1 unspecified atom stereocenters. The second kappa shape index (κ2) is 8.31. The standard InChI is InChI=1S/C21H22FN3O3/c1-24(2)11-4-12-25-18(15-5-3-6-16(22)13-15)17(20(27)21(25)28)19(26)14-7-9-23-10-8-14/h3,5-10,13,18,26H,4,11-12H2,1-2H3/b19-17+. The van der Waals surface area contributed by atoms with Crippen LogP contribution in [-0.4, -0.2) is 48.8 Å². The molecule has 1 saturated heterocycles. The fraction of sp³-hybridized carbons (Fsp3) is 0.286. The van der Waals surface area contributed by atoms with Crippen molar-refractivity contribution in [3.8, 4) is 0 Å². The van der Waals surface area contributed by atoms with E-state index in [9.17, 15) is 19.1 Å². The molecule has 1 atom stereocenters. The van der Waals surface area contributed by atoms with Crippen molar-refractivity contribution in [2.45, 2.75) is 12.5 Å². The molecule has 1 aliphatic heterocycles. The Morgan fingerprint density at radius 1 is 1.21 bits per heavy atom. The molecule has 1 fully saturated rings. The van der Waals surface area contributed by atoms with E-state index >= 15 is 0 Å². The van der Waals surface area contributed by atoms with Crippen LogP contribution in [0.5, 0.6) is 0 Å². The molecule has 146 valence electrons. The SMILES string of the molecule is C[NH+](C)CCCN1C(=O)C(=O)/C(=C(/[O-])c2ccncc2)C1c1cccc(F)c1. The maximum atomic E-state index is 13.9. The number of nitrogens with one attached hydrogen (secondary N) is 1. The highest BCUT2D eigenvalue weighted by Gasteiger charge is 2.44. The molecule has 3 rings (SSSR count). The van der Waals surface area contributed by atoms with Crippen LogP contribution in [0.2, 0.25) is 0 Å². The molecule has 1 aromatic carbocycles. The molecule has 0 saturated carbocycles. The summed E-state index contributed by atoms with van der Waals surface area (Å²) in [7, 11) is 3.98. The summed E-state index contributed by atoms with van der Waals surface area (Å²) < 4.78 is 13.9. The largest absolute Gasteiger partial charge is 0.872 e. The van der Waals surface area contributed by atoms with Crippen molar-refractivity contribution >= 4 is 17.4 Å². The van der Waals surface area contributed by atoms with Crippen molar-refractivity contribution in [2.24, 2.45) is 0 Å². The van der Waals surface area contributed by atoms with Gasteiger partial charge in [0.15, 0.2) is 0 Å². The van der Waals surface area contributed by atoms with Crippen molar-refractivity contribution < 1.29 is 24.0 Å². The second-order valence-corrected chi connectivity index (χ2v) is 7.07. The number of rotatable bonds is 6. The van der Waals surface area contributed by atoms with Crippen LogP contribution in [-0.2, 0) is 9.59 Å². The molecule has 28 heavy (non-hydrogen) atoms. The molecule has 1 amide bonds. The fourth-order valence-corrected chi connectivity index (χ4v) is 3.39. The van der Waals surface area contributed by atoms with Crippen molar-refractivity contribution in [1.82, 2.24) is 9.88 Å². The smallest absolute Gasteiger partial charge is 0.295 e. The molecule has 6 nitrogen and oxygen atoms in total. The Kier molecular flexibility index (Phi) is 5.84. The molecule has 0 bridgehead atoms. The molecular formula is C21H22FN3O3. The molecular weight excluding hydrogens is 361 g/mol. The van der Waals surface area contributed by atoms with Crippen LogP contribution in [0.25, 0.3) is 5.76 Å². The predicted molar refractivity (Wildman–Crippen MR) is 99.3 cm³/mol. The zero-order chi connectivity index (χ0) is 20.3. The number of halogens is 1. The van der Waals surface area contributed by atoms with Gasteiger partial charge < -0.3 is 14.9 Å². The van der Waals surface area contributed by atoms with E-state index in [0.29, 0.717) is 18.5 Å². The Bertz CT molecular complexity index is 912. The highest BCUT2D eigenvalue weighted by molar-refractivity contribution is 6.46. The molecule has 0 radical (unpaired) electrons. The van der Waals surface area contributed by atoms with E-state index in [0.717, 1.165) is 6.54 Å². The van der Waals surface area contributed by atoms with Crippen molar-refractivity contribution in [1.29, 1.82) is 0 Å². The summed E-state index contributed by atoms with van der Waals surface area (Å²) in [6, 6.07) is 7.78. The number of benzene rings is 1. The first-order valence-electron chi connectivity index (χ1n) is 9.11. The van der Waals surface area contributed by atoms with Crippen LogP contribution < -0.4 is 10.0 Å². The first-order chi connectivity index (χ1) is 13.4. The minimum atomic E-state index is -0.895. The molecule has 2 aromatic rings. The Hall–Kier alpha value is -3.06. The number of quaternary nitrogens is 1. The first kappa shape index (κ1) is 19.7. The van der Waals surface area contributed by atoms with Gasteiger partial charge in [0.25, 0.3) is 5.91 Å². The van der Waals surface area contributed by atoms with E-state index in [1.165, 1.54) is 52.5 Å². The normalized spacial score (nSPS) is 18.9. The number of amides is 1. The lowest BCUT2D eigenvalue weighted by Gasteiger charge is -2.27. The highest BCUT2D eigenvalue weighted by atomic mass is 19.1. The lowest BCUT2D eigenvalue weighted by Crippen LogP contribution is -3.05. The Morgan fingerprint density at radius 2 is 1.93 bits per heavy atom. The number of Topliss-reactive ketones (excluding diaryl/α,β-unsaturated/α-hetero) is 1. The molecule has 1 aliphatic rings. The van der Waals surface area contributed by atoms with Gasteiger partial charge in [0.05, 0.1) is 26.7 Å². The quantitative estimate of drug-likeness (QED) is 0.432. The zero-order valence-electron chi connectivity index (χ0n) is 15.8. The fourth-order valence-electron chi connectivity index (χ4n) is 3.39. The minimum absolute atomic E-state index is 0.140. The van der Waals surface area contributed by atoms with Crippen LogP contribution in [0, 0.1) is 5.82 Å². The number of pyridine rings is 1. The van der Waals surface area contributed by atoms with E-state index in [1.807, 2.05) is 14.1 Å². The molecule has 0 spiro atoms. The predicted octanol–water partition coefficient (Wildman–Crippen LogP) is -0.0207. The molecule has 0 aliphatic carbocycles. The molecule has 2 heterocycles. The summed E-state index contributed by atoms with van der Waals surface area (Å²) >= 11 is 0. The zero-order valence-corrected chi connectivity index (χ0v) is 15.8. The van der Waals surface area contributed by atoms with Gasteiger partial charge in [-0.15, -0.1) is 0 Å². The number of carbonyl (C=O) groups excluding carboxylic acids is 2. The van der Waals surface area contributed by atoms with E-state index in [2.05, 4.69) is 4.98 Å². The van der Waals surface area contributed by atoms with Crippen molar-refractivity contribution in [3.63, 3.8) is 0 Å². The third kappa shape index (κ3) is 3.94. The van der Waals surface area contributed by atoms with E-state index < -0.39 is 29.3 Å². The maximum Gasteiger partial charge on any atom is 0.295 e. The summed E-state index contributed by atoms with van der Waals surface area (Å²) in [5.74, 6) is -2.57. The van der Waals surface area contributed by atoms with Crippen LogP contribution in [0.4, 0.5) is 4.39 Å². The van der Waals surface area contributed by atoms with Gasteiger partial charge in [0, 0.05) is 30.9 Å². The van der Waals surface area contributed by atoms with Gasteiger partial charge in [-0.3, -0.25) is 14.6 Å². The van der Waals surface area contributed by atoms with Gasteiger partial charge in [-0.1, -0.05) is 17.9 Å². The Balaban J connectivity index is 2.08. The number of aromatic nitrogens is 1. The minimum Gasteiger partial charge on any atom is -0.872 e. The highest BCUT2D eigenvalue weighted by Crippen LogP contribution is 2.38. The summed E-state index contributed by atoms with van der Waals surface area (Å²) in [6.45, 7) is 1.10. The van der Waals surface area contributed by atoms with Gasteiger partial charge in [0.1, 0.15) is 5.82 Å². The molecule has 1 N–H and O–H groups in total. The Morgan fingerprint density at radius 3 is 2.57 bits per heavy atom. The van der Waals surface area contributed by atoms with E-state index in [1.54, 1.807) is 6.07 Å². The van der Waals surface area contributed by atoms with E-state index in [-0.39, 0.29) is 11.1 Å². The van der Waals surface area contributed by atoms with Crippen LogP contribution in [0.15, 0.2) is 54.4 Å². The third-order valence-electron chi connectivity index (χ3n) is 4.71. The molecule has 7 heteroatoms. The number of ketones is 1. The van der Waals surface area contributed by atoms with Gasteiger partial charge >= 0.3 is 0 Å². The average Bonchev–Trinajstić information content (AvgIpc) is 2.93. The van der Waals surface area contributed by atoms with Gasteiger partial charge in [-0.05, 0) is 35.4 Å². The number of nitrogens with zero attached hydrogens (tertiary/aromatic N) is 2. The first-order valence-corrected chi connectivity index (χ1v) is 9.11. The number of hydrogen-bond donors (Lipinski definition) is 1. The van der Waals surface area contributed by atoms with Gasteiger partial charge in [-0.25, -0.2) is 4.39 Å². The van der Waals surface area contributed by atoms with Crippen LogP contribution in [0.1, 0.15) is 23.6 Å². The maximum absolute atomic E-state index is 13.9. The topological polar surface area (TPSA) is 77.8 Å². The van der Waals surface area contributed by atoms with Crippen LogP contribution in [0.3, 0.4) is 0 Å². The summed E-state index contributed by atoms with van der Waals surface area (Å²) in [6.07, 6.45) is 3.55. The van der Waals surface area contributed by atoms with Gasteiger partial charge in [-0.2, -0.15) is 0 Å². The van der Waals surface area contributed by atoms with Crippen molar-refractivity contribution in [2.75, 3.05) is 27.2 Å². The third-order valence-corrected chi connectivity index (χ3v) is 4.71.